The van der Waals surface area contributed by atoms with Crippen molar-refractivity contribution in [2.75, 3.05) is 23.3 Å². The zero-order valence-electron chi connectivity index (χ0n) is 14.2. The lowest BCUT2D eigenvalue weighted by Gasteiger charge is -2.32. The Morgan fingerprint density at radius 2 is 1.92 bits per heavy atom. The second-order valence-corrected chi connectivity index (χ2v) is 6.35. The van der Waals surface area contributed by atoms with Crippen LogP contribution in [0.25, 0.3) is 0 Å². The van der Waals surface area contributed by atoms with E-state index < -0.39 is 11.6 Å². The van der Waals surface area contributed by atoms with Crippen molar-refractivity contribution in [1.29, 1.82) is 0 Å². The number of rotatable bonds is 3. The predicted octanol–water partition coefficient (Wildman–Crippen LogP) is 3.23. The van der Waals surface area contributed by atoms with Gasteiger partial charge < -0.3 is 10.2 Å². The summed E-state index contributed by atoms with van der Waals surface area (Å²) in [7, 11) is 0. The average molecular weight is 346 g/mol. The molecule has 1 aliphatic rings. The Hall–Kier alpha value is -2.57. The Bertz CT molecular complexity index is 776. The predicted molar refractivity (Wildman–Crippen MR) is 91.4 cm³/mol. The Balaban J connectivity index is 1.72. The summed E-state index contributed by atoms with van der Waals surface area (Å²) in [5.74, 6) is -1.29. The van der Waals surface area contributed by atoms with E-state index in [9.17, 15) is 13.6 Å². The Labute approximate surface area is 145 Å². The van der Waals surface area contributed by atoms with Crippen LogP contribution in [0.2, 0.25) is 0 Å². The molecule has 1 saturated heterocycles. The Morgan fingerprint density at radius 1 is 1.20 bits per heavy atom. The fraction of sp³-hybridized carbons (Fsp3) is 0.389. The molecule has 0 bridgehead atoms. The summed E-state index contributed by atoms with van der Waals surface area (Å²) in [5, 5.41) is 2.49. The zero-order chi connectivity index (χ0) is 18.0. The van der Waals surface area contributed by atoms with Crippen molar-refractivity contribution < 1.29 is 13.6 Å². The summed E-state index contributed by atoms with van der Waals surface area (Å²) in [6.07, 6.45) is 1.49. The molecule has 1 N–H and O–H groups in total. The third kappa shape index (κ3) is 4.10. The molecule has 2 aromatic rings. The molecule has 1 atom stereocenters. The highest BCUT2D eigenvalue weighted by Gasteiger charge is 2.28. The van der Waals surface area contributed by atoms with Crippen LogP contribution in [0.15, 0.2) is 24.3 Å². The SMILES string of the molecule is Cc1cc(C)nc(N2CCC[C@H](C(=O)Nc3cc(F)ccc3F)C2)n1. The highest BCUT2D eigenvalue weighted by atomic mass is 19.1. The van der Waals surface area contributed by atoms with E-state index in [4.69, 9.17) is 0 Å². The van der Waals surface area contributed by atoms with Crippen LogP contribution in [0.3, 0.4) is 0 Å². The first-order valence-electron chi connectivity index (χ1n) is 8.25. The maximum absolute atomic E-state index is 13.7. The van der Waals surface area contributed by atoms with Crippen LogP contribution in [-0.2, 0) is 4.79 Å². The van der Waals surface area contributed by atoms with E-state index in [2.05, 4.69) is 15.3 Å². The zero-order valence-corrected chi connectivity index (χ0v) is 14.2. The molecule has 0 radical (unpaired) electrons. The largest absolute Gasteiger partial charge is 0.340 e. The number of halogens is 2. The standard InChI is InChI=1S/C18H20F2N4O/c1-11-8-12(2)22-18(21-11)24-7-3-4-13(10-24)17(25)23-16-9-14(19)5-6-15(16)20/h5-6,8-9,13H,3-4,7,10H2,1-2H3,(H,23,25)/t13-/m0/s1. The number of benzene rings is 1. The minimum Gasteiger partial charge on any atom is -0.340 e. The number of aromatic nitrogens is 2. The van der Waals surface area contributed by atoms with Gasteiger partial charge in [0.25, 0.3) is 0 Å². The van der Waals surface area contributed by atoms with Crippen molar-refractivity contribution in [3.05, 3.63) is 47.3 Å². The lowest BCUT2D eigenvalue weighted by molar-refractivity contribution is -0.120. The molecule has 1 amide bonds. The Morgan fingerprint density at radius 3 is 2.64 bits per heavy atom. The van der Waals surface area contributed by atoms with Crippen molar-refractivity contribution in [2.24, 2.45) is 5.92 Å². The van der Waals surface area contributed by atoms with Gasteiger partial charge in [-0.05, 0) is 44.9 Å². The lowest BCUT2D eigenvalue weighted by atomic mass is 9.97. The second kappa shape index (κ2) is 7.13. The highest BCUT2D eigenvalue weighted by molar-refractivity contribution is 5.93. The summed E-state index contributed by atoms with van der Waals surface area (Å²) in [5.41, 5.74) is 1.61. The molecular formula is C18H20F2N4O. The topological polar surface area (TPSA) is 58.1 Å². The monoisotopic (exact) mass is 346 g/mol. The van der Waals surface area contributed by atoms with Crippen molar-refractivity contribution in [2.45, 2.75) is 26.7 Å². The van der Waals surface area contributed by atoms with E-state index in [-0.39, 0.29) is 17.5 Å². The molecule has 0 spiro atoms. The van der Waals surface area contributed by atoms with E-state index >= 15 is 0 Å². The van der Waals surface area contributed by atoms with Gasteiger partial charge in [-0.1, -0.05) is 0 Å². The van der Waals surface area contributed by atoms with Crippen LogP contribution in [0.5, 0.6) is 0 Å². The quantitative estimate of drug-likeness (QED) is 0.927. The summed E-state index contributed by atoms with van der Waals surface area (Å²) in [6, 6.07) is 4.90. The number of hydrogen-bond donors (Lipinski definition) is 1. The molecule has 0 saturated carbocycles. The fourth-order valence-electron chi connectivity index (χ4n) is 3.05. The van der Waals surface area contributed by atoms with Crippen LogP contribution in [0.1, 0.15) is 24.2 Å². The van der Waals surface area contributed by atoms with Crippen molar-refractivity contribution in [1.82, 2.24) is 9.97 Å². The van der Waals surface area contributed by atoms with E-state index in [1.165, 1.54) is 0 Å². The van der Waals surface area contributed by atoms with Crippen LogP contribution >= 0.6 is 0 Å². The minimum atomic E-state index is -0.653. The molecule has 1 fully saturated rings. The first-order valence-corrected chi connectivity index (χ1v) is 8.25. The fourth-order valence-corrected chi connectivity index (χ4v) is 3.05. The summed E-state index contributed by atoms with van der Waals surface area (Å²) in [4.78, 5) is 23.3. The number of aryl methyl sites for hydroxylation is 2. The van der Waals surface area contributed by atoms with Crippen LogP contribution in [-0.4, -0.2) is 29.0 Å². The number of hydrogen-bond acceptors (Lipinski definition) is 4. The maximum Gasteiger partial charge on any atom is 0.229 e. The number of carbonyl (C=O) groups is 1. The van der Waals surface area contributed by atoms with Crippen LogP contribution in [0.4, 0.5) is 20.4 Å². The number of piperidine rings is 1. The molecule has 1 aromatic carbocycles. The van der Waals surface area contributed by atoms with Gasteiger partial charge in [-0.2, -0.15) is 0 Å². The number of anilines is 2. The van der Waals surface area contributed by atoms with Crippen LogP contribution in [0, 0.1) is 31.4 Å². The van der Waals surface area contributed by atoms with E-state index in [0.717, 1.165) is 42.6 Å². The number of nitrogens with one attached hydrogen (secondary N) is 1. The molecule has 132 valence electrons. The summed E-state index contributed by atoms with van der Waals surface area (Å²) >= 11 is 0. The smallest absolute Gasteiger partial charge is 0.229 e. The third-order valence-electron chi connectivity index (χ3n) is 4.23. The first-order chi connectivity index (χ1) is 11.9. The van der Waals surface area contributed by atoms with Gasteiger partial charge in [0, 0.05) is 30.5 Å². The van der Waals surface area contributed by atoms with Crippen molar-refractivity contribution >= 4 is 17.5 Å². The molecule has 25 heavy (non-hydrogen) atoms. The molecule has 1 aromatic heterocycles. The normalized spacial score (nSPS) is 17.4. The molecule has 1 aliphatic heterocycles. The second-order valence-electron chi connectivity index (χ2n) is 6.35. The summed E-state index contributed by atoms with van der Waals surface area (Å²) < 4.78 is 27.0. The average Bonchev–Trinajstić information content (AvgIpc) is 2.57. The maximum atomic E-state index is 13.7. The van der Waals surface area contributed by atoms with Gasteiger partial charge >= 0.3 is 0 Å². The molecule has 0 aliphatic carbocycles. The van der Waals surface area contributed by atoms with Gasteiger partial charge in [0.1, 0.15) is 11.6 Å². The van der Waals surface area contributed by atoms with Gasteiger partial charge in [-0.15, -0.1) is 0 Å². The van der Waals surface area contributed by atoms with Gasteiger partial charge in [0.05, 0.1) is 11.6 Å². The van der Waals surface area contributed by atoms with E-state index in [1.807, 2.05) is 24.8 Å². The summed E-state index contributed by atoms with van der Waals surface area (Å²) in [6.45, 7) is 5.02. The molecule has 7 heteroatoms. The number of carbonyl (C=O) groups excluding carboxylic acids is 1. The van der Waals surface area contributed by atoms with E-state index in [1.54, 1.807) is 0 Å². The van der Waals surface area contributed by atoms with Crippen molar-refractivity contribution in [3.8, 4) is 0 Å². The van der Waals surface area contributed by atoms with Crippen LogP contribution < -0.4 is 10.2 Å². The van der Waals surface area contributed by atoms with Gasteiger partial charge in [-0.25, -0.2) is 18.7 Å². The molecule has 3 rings (SSSR count). The van der Waals surface area contributed by atoms with Crippen molar-refractivity contribution in [3.63, 3.8) is 0 Å². The highest BCUT2D eigenvalue weighted by Crippen LogP contribution is 2.23. The van der Waals surface area contributed by atoms with Gasteiger partial charge in [0.2, 0.25) is 11.9 Å². The third-order valence-corrected chi connectivity index (χ3v) is 4.23. The number of nitrogens with zero attached hydrogens (tertiary/aromatic N) is 3. The molecular weight excluding hydrogens is 326 g/mol. The molecule has 5 nitrogen and oxygen atoms in total. The first kappa shape index (κ1) is 17.3. The lowest BCUT2D eigenvalue weighted by Crippen LogP contribution is -2.41. The minimum absolute atomic E-state index is 0.134. The number of amides is 1. The van der Waals surface area contributed by atoms with Gasteiger partial charge in [0.15, 0.2) is 0 Å². The Kier molecular flexibility index (Phi) is 4.92. The molecule has 0 unspecified atom stereocenters. The van der Waals surface area contributed by atoms with Gasteiger partial charge in [-0.3, -0.25) is 4.79 Å². The van der Waals surface area contributed by atoms with E-state index in [0.29, 0.717) is 18.9 Å². The molecule has 2 heterocycles.